The van der Waals surface area contributed by atoms with Crippen LogP contribution >= 0.6 is 0 Å². The lowest BCUT2D eigenvalue weighted by atomic mass is 10.0. The number of hydrogen-bond donors (Lipinski definition) is 1. The van der Waals surface area contributed by atoms with Crippen molar-refractivity contribution in [3.8, 4) is 0 Å². The van der Waals surface area contributed by atoms with Crippen molar-refractivity contribution in [1.82, 2.24) is 15.1 Å². The fraction of sp³-hybridized carbons (Fsp3) is 0.588. The summed E-state index contributed by atoms with van der Waals surface area (Å²) >= 11 is 0. The number of carbonyl (C=O) groups excluding carboxylic acids is 2. The molecule has 1 N–H and O–H groups in total. The molecule has 23 heavy (non-hydrogen) atoms. The summed E-state index contributed by atoms with van der Waals surface area (Å²) in [6.07, 6.45) is 3.03. The minimum absolute atomic E-state index is 0.0578. The fourth-order valence-corrected chi connectivity index (χ4v) is 3.10. The van der Waals surface area contributed by atoms with Crippen LogP contribution in [0.25, 0.3) is 0 Å². The molecule has 1 aliphatic rings. The van der Waals surface area contributed by atoms with E-state index in [4.69, 9.17) is 4.74 Å². The number of nitrogens with zero attached hydrogens (tertiary/aromatic N) is 2. The minimum Gasteiger partial charge on any atom is -0.462 e. The van der Waals surface area contributed by atoms with Gasteiger partial charge in [-0.05, 0) is 26.7 Å². The van der Waals surface area contributed by atoms with Crippen LogP contribution in [-0.2, 0) is 9.53 Å². The van der Waals surface area contributed by atoms with Crippen molar-refractivity contribution in [2.75, 3.05) is 19.7 Å². The van der Waals surface area contributed by atoms with Gasteiger partial charge >= 0.3 is 5.97 Å². The number of esters is 1. The molecule has 6 nitrogen and oxygen atoms in total. The maximum Gasteiger partial charge on any atom is 0.341 e. The third-order valence-corrected chi connectivity index (χ3v) is 4.15. The summed E-state index contributed by atoms with van der Waals surface area (Å²) in [7, 11) is 0. The van der Waals surface area contributed by atoms with Crippen molar-refractivity contribution in [2.24, 2.45) is 5.92 Å². The van der Waals surface area contributed by atoms with E-state index in [1.54, 1.807) is 6.92 Å². The first kappa shape index (κ1) is 17.2. The molecule has 0 saturated carbocycles. The fourth-order valence-electron chi connectivity index (χ4n) is 3.10. The van der Waals surface area contributed by atoms with Gasteiger partial charge in [0.1, 0.15) is 5.56 Å². The van der Waals surface area contributed by atoms with E-state index < -0.39 is 0 Å². The largest absolute Gasteiger partial charge is 0.462 e. The van der Waals surface area contributed by atoms with Gasteiger partial charge in [0.2, 0.25) is 5.91 Å². The van der Waals surface area contributed by atoms with Crippen molar-refractivity contribution >= 4 is 11.9 Å². The quantitative estimate of drug-likeness (QED) is 0.646. The number of ether oxygens (including phenoxy) is 1. The second-order valence-electron chi connectivity index (χ2n) is 6.25. The van der Waals surface area contributed by atoms with Crippen LogP contribution in [0.3, 0.4) is 0 Å². The smallest absolute Gasteiger partial charge is 0.341 e. The molecule has 126 valence electrons. The molecule has 2 atom stereocenters. The average molecular weight is 319 g/mol. The van der Waals surface area contributed by atoms with Crippen LogP contribution in [0.15, 0.2) is 18.3 Å². The summed E-state index contributed by atoms with van der Waals surface area (Å²) in [6.45, 7) is 11.2. The van der Waals surface area contributed by atoms with Crippen molar-refractivity contribution in [2.45, 2.75) is 39.5 Å². The van der Waals surface area contributed by atoms with E-state index in [1.165, 1.54) is 6.20 Å². The van der Waals surface area contributed by atoms with Gasteiger partial charge < -0.3 is 9.64 Å². The zero-order valence-electron chi connectivity index (χ0n) is 14.1. The Morgan fingerprint density at radius 2 is 2.30 bits per heavy atom. The zero-order chi connectivity index (χ0) is 17.0. The predicted molar refractivity (Wildman–Crippen MR) is 87.1 cm³/mol. The molecule has 1 amide bonds. The van der Waals surface area contributed by atoms with Gasteiger partial charge in [0.25, 0.3) is 0 Å². The Kier molecular flexibility index (Phi) is 5.58. The Hall–Kier alpha value is -2.11. The molecule has 2 heterocycles. The van der Waals surface area contributed by atoms with E-state index in [2.05, 4.69) is 16.8 Å². The van der Waals surface area contributed by atoms with Gasteiger partial charge in [-0.15, -0.1) is 6.58 Å². The van der Waals surface area contributed by atoms with Gasteiger partial charge in [-0.25, -0.2) is 4.79 Å². The highest BCUT2D eigenvalue weighted by Crippen LogP contribution is 2.29. The number of H-pyrrole nitrogens is 1. The highest BCUT2D eigenvalue weighted by atomic mass is 16.5. The van der Waals surface area contributed by atoms with Crippen LogP contribution in [0.5, 0.6) is 0 Å². The van der Waals surface area contributed by atoms with E-state index in [-0.39, 0.29) is 23.7 Å². The Balaban J connectivity index is 2.03. The highest BCUT2D eigenvalue weighted by molar-refractivity contribution is 5.90. The van der Waals surface area contributed by atoms with Crippen molar-refractivity contribution in [3.05, 3.63) is 29.6 Å². The number of carbonyl (C=O) groups is 2. The maximum absolute atomic E-state index is 12.5. The summed E-state index contributed by atoms with van der Waals surface area (Å²) in [5, 5.41) is 6.88. The van der Waals surface area contributed by atoms with Gasteiger partial charge in [0.05, 0.1) is 18.5 Å². The standard InChI is InChI=1S/C17H25N3O3/c1-5-23-17(22)14-9-18-19-15(14)13-6-7-20(10-13)16(21)12(4)8-11(2)3/h9,12-13H,2,5-8,10H2,1,3-4H3,(H,18,19). The van der Waals surface area contributed by atoms with E-state index in [9.17, 15) is 9.59 Å². The first-order valence-electron chi connectivity index (χ1n) is 8.07. The number of amides is 1. The van der Waals surface area contributed by atoms with Crippen molar-refractivity contribution < 1.29 is 14.3 Å². The third kappa shape index (κ3) is 4.00. The molecule has 2 rings (SSSR count). The number of aromatic nitrogens is 2. The molecular weight excluding hydrogens is 294 g/mol. The molecule has 1 aromatic rings. The predicted octanol–water partition coefficient (Wildman–Crippen LogP) is 2.50. The van der Waals surface area contributed by atoms with Gasteiger partial charge in [-0.2, -0.15) is 5.10 Å². The molecule has 0 spiro atoms. The number of rotatable bonds is 6. The highest BCUT2D eigenvalue weighted by Gasteiger charge is 2.33. The molecule has 1 fully saturated rings. The minimum atomic E-state index is -0.364. The summed E-state index contributed by atoms with van der Waals surface area (Å²) in [6, 6.07) is 0. The zero-order valence-corrected chi connectivity index (χ0v) is 14.1. The summed E-state index contributed by atoms with van der Waals surface area (Å²) in [5.41, 5.74) is 2.26. The van der Waals surface area contributed by atoms with Crippen LogP contribution in [-0.4, -0.2) is 46.7 Å². The van der Waals surface area contributed by atoms with Crippen LogP contribution < -0.4 is 0 Å². The number of nitrogens with one attached hydrogen (secondary N) is 1. The molecular formula is C17H25N3O3. The van der Waals surface area contributed by atoms with E-state index >= 15 is 0 Å². The number of likely N-dealkylation sites (tertiary alicyclic amines) is 1. The normalized spacial score (nSPS) is 18.7. The second kappa shape index (κ2) is 7.44. The van der Waals surface area contributed by atoms with Crippen LogP contribution in [0, 0.1) is 5.92 Å². The van der Waals surface area contributed by atoms with Gasteiger partial charge in [-0.1, -0.05) is 12.5 Å². The van der Waals surface area contributed by atoms with E-state index in [1.807, 2.05) is 18.7 Å². The molecule has 0 radical (unpaired) electrons. The third-order valence-electron chi connectivity index (χ3n) is 4.15. The van der Waals surface area contributed by atoms with Gasteiger partial charge in [0.15, 0.2) is 0 Å². The van der Waals surface area contributed by atoms with E-state index in [0.717, 1.165) is 17.7 Å². The van der Waals surface area contributed by atoms with Gasteiger partial charge in [-0.3, -0.25) is 9.89 Å². The topological polar surface area (TPSA) is 75.3 Å². The molecule has 1 aliphatic heterocycles. The lowest BCUT2D eigenvalue weighted by Gasteiger charge is -2.21. The Morgan fingerprint density at radius 1 is 1.57 bits per heavy atom. The molecule has 2 unspecified atom stereocenters. The van der Waals surface area contributed by atoms with Crippen molar-refractivity contribution in [3.63, 3.8) is 0 Å². The van der Waals surface area contributed by atoms with Crippen LogP contribution in [0.4, 0.5) is 0 Å². The first-order chi connectivity index (χ1) is 10.9. The molecule has 0 aromatic carbocycles. The van der Waals surface area contributed by atoms with Crippen molar-refractivity contribution in [1.29, 1.82) is 0 Å². The van der Waals surface area contributed by atoms with Crippen LogP contribution in [0.2, 0.25) is 0 Å². The Labute approximate surface area is 136 Å². The van der Waals surface area contributed by atoms with Gasteiger partial charge in [0, 0.05) is 24.9 Å². The molecule has 1 aromatic heterocycles. The SMILES string of the molecule is C=C(C)CC(C)C(=O)N1CCC(c2[nH]ncc2C(=O)OCC)C1. The summed E-state index contributed by atoms with van der Waals surface area (Å²) in [4.78, 5) is 26.3. The molecule has 0 aliphatic carbocycles. The Bertz CT molecular complexity index is 594. The second-order valence-corrected chi connectivity index (χ2v) is 6.25. The van der Waals surface area contributed by atoms with Crippen LogP contribution in [0.1, 0.15) is 55.6 Å². The molecule has 1 saturated heterocycles. The lowest BCUT2D eigenvalue weighted by molar-refractivity contribution is -0.133. The number of hydrogen-bond acceptors (Lipinski definition) is 4. The first-order valence-corrected chi connectivity index (χ1v) is 8.07. The monoisotopic (exact) mass is 319 g/mol. The lowest BCUT2D eigenvalue weighted by Crippen LogP contribution is -2.33. The summed E-state index contributed by atoms with van der Waals surface area (Å²) in [5.74, 6) is -0.181. The number of allylic oxidation sites excluding steroid dienone is 1. The molecule has 0 bridgehead atoms. The maximum atomic E-state index is 12.5. The Morgan fingerprint density at radius 3 is 2.96 bits per heavy atom. The molecule has 6 heteroatoms. The van der Waals surface area contributed by atoms with E-state index in [0.29, 0.717) is 31.7 Å². The number of aromatic amines is 1. The summed E-state index contributed by atoms with van der Waals surface area (Å²) < 4.78 is 5.05. The average Bonchev–Trinajstić information content (AvgIpc) is 3.14.